The molecule has 0 spiro atoms. The maximum atomic E-state index is 13.1. The molecule has 1 N–H and O–H groups in total. The molecule has 2 heterocycles. The summed E-state index contributed by atoms with van der Waals surface area (Å²) in [5, 5.41) is 11.2. The lowest BCUT2D eigenvalue weighted by atomic mass is 10.1. The summed E-state index contributed by atoms with van der Waals surface area (Å²) in [4.78, 5) is 33.2. The van der Waals surface area contributed by atoms with E-state index in [1.165, 1.54) is 6.20 Å². The summed E-state index contributed by atoms with van der Waals surface area (Å²) < 4.78 is 34.0. The van der Waals surface area contributed by atoms with Crippen molar-refractivity contribution in [1.29, 1.82) is 5.26 Å². The van der Waals surface area contributed by atoms with Gasteiger partial charge in [0.25, 0.3) is 5.91 Å². The van der Waals surface area contributed by atoms with E-state index in [9.17, 15) is 23.6 Å². The van der Waals surface area contributed by atoms with E-state index in [0.29, 0.717) is 31.5 Å². The molecule has 4 rings (SSSR count). The number of ether oxygens (including phenoxy) is 2. The molecule has 10 nitrogen and oxygen atoms in total. The van der Waals surface area contributed by atoms with Crippen molar-refractivity contribution in [3.63, 3.8) is 0 Å². The second-order valence-electron chi connectivity index (χ2n) is 10.1. The molecule has 1 saturated carbocycles. The van der Waals surface area contributed by atoms with Crippen molar-refractivity contribution in [1.82, 2.24) is 20.3 Å². The summed E-state index contributed by atoms with van der Waals surface area (Å²) in [6, 6.07) is 9.54. The van der Waals surface area contributed by atoms with Gasteiger partial charge in [-0.25, -0.2) is 4.98 Å². The first-order chi connectivity index (χ1) is 20.5. The van der Waals surface area contributed by atoms with Crippen molar-refractivity contribution in [2.45, 2.75) is 84.6 Å². The van der Waals surface area contributed by atoms with E-state index in [1.54, 1.807) is 5.01 Å². The number of alkyl halides is 2. The van der Waals surface area contributed by atoms with Crippen molar-refractivity contribution in [2.75, 3.05) is 31.8 Å². The number of aromatic nitrogens is 2. The van der Waals surface area contributed by atoms with Crippen molar-refractivity contribution in [2.24, 2.45) is 0 Å². The Morgan fingerprint density at radius 2 is 1.74 bits per heavy atom. The van der Waals surface area contributed by atoms with Crippen molar-refractivity contribution in [3.05, 3.63) is 52.4 Å². The Labute approximate surface area is 257 Å². The number of hydrazine groups is 1. The molecule has 0 atom stereocenters. The van der Waals surface area contributed by atoms with Crippen LogP contribution in [-0.2, 0) is 20.8 Å². The van der Waals surface area contributed by atoms with E-state index in [0.717, 1.165) is 57.7 Å². The van der Waals surface area contributed by atoms with Crippen LogP contribution in [0.5, 0.6) is 0 Å². The van der Waals surface area contributed by atoms with Gasteiger partial charge in [0.1, 0.15) is 11.1 Å². The third-order valence-electron chi connectivity index (χ3n) is 6.69. The minimum Gasteiger partial charge on any atom is -0.350 e. The molecule has 1 aromatic carbocycles. The zero-order chi connectivity index (χ0) is 32.0. The van der Waals surface area contributed by atoms with E-state index in [1.807, 2.05) is 44.2 Å². The highest BCUT2D eigenvalue weighted by molar-refractivity contribution is 6.32. The standard InChI is InChI=1S/C24H29ClN6O3.C4H6F2O.C2H6/c1-30(11-10-22-33-12-13-34-22)16-17-6-8-18(9-7-17)24(32)29-31(19-4-2-3-5-19)23-20(25)15-27-21(14-26)28-23;1-3(7)4(2,5)6;1-2/h6-9,15,19,22H,2-5,10-13,16H2,1H3,(H,29,32);1-2H3;1-2H3. The van der Waals surface area contributed by atoms with Crippen LogP contribution in [0.2, 0.25) is 5.02 Å². The lowest BCUT2D eigenvalue weighted by Gasteiger charge is -2.30. The highest BCUT2D eigenvalue weighted by Crippen LogP contribution is 2.30. The number of Topliss-reactive ketones (excluding diaryl/α,β-unsaturated/α-hetero) is 1. The monoisotopic (exact) mass is 622 g/mol. The summed E-state index contributed by atoms with van der Waals surface area (Å²) >= 11 is 6.34. The maximum Gasteiger partial charge on any atom is 0.302 e. The number of nitrogens with one attached hydrogen (secondary N) is 1. The van der Waals surface area contributed by atoms with Crippen LogP contribution in [0, 0.1) is 11.3 Å². The van der Waals surface area contributed by atoms with Gasteiger partial charge in [0, 0.05) is 38.9 Å². The molecule has 2 aromatic rings. The van der Waals surface area contributed by atoms with Crippen LogP contribution in [0.1, 0.15) is 81.5 Å². The van der Waals surface area contributed by atoms with Gasteiger partial charge in [0.05, 0.1) is 25.5 Å². The van der Waals surface area contributed by atoms with Gasteiger partial charge in [0.15, 0.2) is 17.9 Å². The van der Waals surface area contributed by atoms with Gasteiger partial charge in [0.2, 0.25) is 5.82 Å². The van der Waals surface area contributed by atoms with Gasteiger partial charge >= 0.3 is 5.92 Å². The highest BCUT2D eigenvalue weighted by atomic mass is 35.5. The predicted molar refractivity (Wildman–Crippen MR) is 160 cm³/mol. The molecule has 2 aliphatic rings. The third kappa shape index (κ3) is 11.8. The minimum atomic E-state index is -3.14. The van der Waals surface area contributed by atoms with E-state index >= 15 is 0 Å². The lowest BCUT2D eigenvalue weighted by Crippen LogP contribution is -2.48. The van der Waals surface area contributed by atoms with Gasteiger partial charge in [-0.15, -0.1) is 0 Å². The number of hydrogen-bond acceptors (Lipinski definition) is 9. The summed E-state index contributed by atoms with van der Waals surface area (Å²) in [5.74, 6) is -4.12. The van der Waals surface area contributed by atoms with Crippen LogP contribution in [0.15, 0.2) is 30.5 Å². The number of rotatable bonds is 10. The second kappa shape index (κ2) is 17.8. The Bertz CT molecular complexity index is 1210. The molecule has 236 valence electrons. The molecule has 1 aromatic heterocycles. The molecule has 1 amide bonds. The zero-order valence-corrected chi connectivity index (χ0v) is 26.2. The van der Waals surface area contributed by atoms with Crippen LogP contribution in [-0.4, -0.2) is 71.6 Å². The number of carbonyl (C=O) groups excluding carboxylic acids is 2. The van der Waals surface area contributed by atoms with E-state index in [2.05, 4.69) is 27.3 Å². The van der Waals surface area contributed by atoms with Crippen LogP contribution in [0.4, 0.5) is 14.6 Å². The van der Waals surface area contributed by atoms with Crippen LogP contribution in [0.3, 0.4) is 0 Å². The zero-order valence-electron chi connectivity index (χ0n) is 25.4. The first-order valence-corrected chi connectivity index (χ1v) is 14.8. The predicted octanol–water partition coefficient (Wildman–Crippen LogP) is 5.55. The molecule has 13 heteroatoms. The quantitative estimate of drug-likeness (QED) is 0.340. The molecule has 0 unspecified atom stereocenters. The van der Waals surface area contributed by atoms with Crippen LogP contribution in [0.25, 0.3) is 0 Å². The number of halogens is 3. The summed E-state index contributed by atoms with van der Waals surface area (Å²) in [6.45, 7) is 8.39. The Kier molecular flexibility index (Phi) is 14.9. The average Bonchev–Trinajstić information content (AvgIpc) is 3.72. The summed E-state index contributed by atoms with van der Waals surface area (Å²) in [6.07, 6.45) is 6.05. The van der Waals surface area contributed by atoms with Gasteiger partial charge in [-0.1, -0.05) is 50.4 Å². The fourth-order valence-corrected chi connectivity index (χ4v) is 4.47. The normalized spacial score (nSPS) is 15.2. The maximum absolute atomic E-state index is 13.1. The van der Waals surface area contributed by atoms with Gasteiger partial charge < -0.3 is 14.4 Å². The molecule has 0 bridgehead atoms. The second-order valence-corrected chi connectivity index (χ2v) is 10.5. The van der Waals surface area contributed by atoms with E-state index in [-0.39, 0.29) is 29.1 Å². The Balaban J connectivity index is 0.000000631. The van der Waals surface area contributed by atoms with Crippen LogP contribution >= 0.6 is 11.6 Å². The Morgan fingerprint density at radius 3 is 2.28 bits per heavy atom. The highest BCUT2D eigenvalue weighted by Gasteiger charge is 2.28. The topological polar surface area (TPSA) is 121 Å². The van der Waals surface area contributed by atoms with Crippen molar-refractivity contribution < 1.29 is 27.8 Å². The molecule has 1 aliphatic carbocycles. The molecule has 2 fully saturated rings. The smallest absolute Gasteiger partial charge is 0.302 e. The Morgan fingerprint density at radius 1 is 1.16 bits per heavy atom. The number of carbonyl (C=O) groups is 2. The molecular formula is C30H41ClF2N6O4. The van der Waals surface area contributed by atoms with Gasteiger partial charge in [-0.3, -0.25) is 20.0 Å². The average molecular weight is 623 g/mol. The number of hydrogen-bond donors (Lipinski definition) is 1. The van der Waals surface area contributed by atoms with Crippen molar-refractivity contribution >= 4 is 29.1 Å². The van der Waals surface area contributed by atoms with Gasteiger partial charge in [-0.2, -0.15) is 19.0 Å². The largest absolute Gasteiger partial charge is 0.350 e. The van der Waals surface area contributed by atoms with Crippen molar-refractivity contribution in [3.8, 4) is 6.07 Å². The number of anilines is 1. The molecule has 1 aliphatic heterocycles. The van der Waals surface area contributed by atoms with E-state index in [4.69, 9.17) is 21.1 Å². The number of nitriles is 1. The lowest BCUT2D eigenvalue weighted by molar-refractivity contribution is -0.138. The SMILES string of the molecule is CC.CC(=O)C(C)(F)F.CN(CCC1OCCO1)Cc1ccc(C(=O)NN(c2nc(C#N)ncc2Cl)C2CCCC2)cc1. The number of ketones is 1. The Hall–Kier alpha value is -3.24. The molecular weight excluding hydrogens is 582 g/mol. The molecule has 1 saturated heterocycles. The molecule has 0 radical (unpaired) electrons. The fraction of sp³-hybridized carbons (Fsp3) is 0.567. The van der Waals surface area contributed by atoms with Gasteiger partial charge in [-0.05, 0) is 37.6 Å². The first-order valence-electron chi connectivity index (χ1n) is 14.4. The van der Waals surface area contributed by atoms with E-state index < -0.39 is 11.7 Å². The number of nitrogens with zero attached hydrogens (tertiary/aromatic N) is 5. The number of amides is 1. The van der Waals surface area contributed by atoms with Crippen LogP contribution < -0.4 is 10.4 Å². The molecule has 43 heavy (non-hydrogen) atoms. The fourth-order valence-electron chi connectivity index (χ4n) is 4.29. The minimum absolute atomic E-state index is 0.0103. The third-order valence-corrected chi connectivity index (χ3v) is 6.96. The summed E-state index contributed by atoms with van der Waals surface area (Å²) in [7, 11) is 2.05. The summed E-state index contributed by atoms with van der Waals surface area (Å²) in [5.41, 5.74) is 4.61. The first kappa shape index (κ1) is 36.0. The number of benzene rings is 1.